The van der Waals surface area contributed by atoms with Crippen molar-refractivity contribution in [3.05, 3.63) is 17.3 Å². The van der Waals surface area contributed by atoms with Crippen molar-refractivity contribution in [3.8, 4) is 10.8 Å². The Hall–Kier alpha value is -1.01. The van der Waals surface area contributed by atoms with Gasteiger partial charge in [0.1, 0.15) is 4.88 Å². The van der Waals surface area contributed by atoms with Gasteiger partial charge in [-0.1, -0.05) is 18.0 Å². The van der Waals surface area contributed by atoms with Crippen molar-refractivity contribution in [3.63, 3.8) is 0 Å². The minimum Gasteiger partial charge on any atom is -0.397 e. The van der Waals surface area contributed by atoms with Crippen molar-refractivity contribution in [1.82, 2.24) is 10.1 Å². The number of anilines is 1. The second kappa shape index (κ2) is 5.32. The molecule has 2 N–H and O–H groups in total. The quantitative estimate of drug-likeness (QED) is 0.928. The largest absolute Gasteiger partial charge is 0.397 e. The highest BCUT2D eigenvalue weighted by molar-refractivity contribution is 7.99. The summed E-state index contributed by atoms with van der Waals surface area (Å²) in [6, 6.07) is 1.86. The van der Waals surface area contributed by atoms with Gasteiger partial charge in [-0.2, -0.15) is 16.7 Å². The molecule has 6 heteroatoms. The smallest absolute Gasteiger partial charge is 0.270 e. The van der Waals surface area contributed by atoms with Crippen LogP contribution in [0, 0.1) is 0 Å². The number of rotatable bonds is 4. The van der Waals surface area contributed by atoms with Gasteiger partial charge >= 0.3 is 0 Å². The number of thiophene rings is 1. The van der Waals surface area contributed by atoms with E-state index >= 15 is 0 Å². The third-order valence-electron chi connectivity index (χ3n) is 3.11. The van der Waals surface area contributed by atoms with E-state index in [-0.39, 0.29) is 0 Å². The molecule has 0 amide bonds. The van der Waals surface area contributed by atoms with Gasteiger partial charge in [-0.25, -0.2) is 0 Å². The first-order valence-corrected chi connectivity index (χ1v) is 8.03. The molecule has 0 saturated heterocycles. The zero-order chi connectivity index (χ0) is 12.4. The van der Waals surface area contributed by atoms with Gasteiger partial charge in [0.2, 0.25) is 0 Å². The summed E-state index contributed by atoms with van der Waals surface area (Å²) >= 11 is 3.47. The summed E-state index contributed by atoms with van der Waals surface area (Å²) in [6.45, 7) is 0. The average molecular weight is 281 g/mol. The van der Waals surface area contributed by atoms with E-state index in [0.29, 0.717) is 11.6 Å². The zero-order valence-corrected chi connectivity index (χ0v) is 11.6. The number of nitrogens with two attached hydrogens (primary N) is 1. The van der Waals surface area contributed by atoms with Gasteiger partial charge in [-0.05, 0) is 24.3 Å². The van der Waals surface area contributed by atoms with E-state index in [1.165, 1.54) is 37.0 Å². The second-order valence-corrected chi connectivity index (χ2v) is 6.64. The summed E-state index contributed by atoms with van der Waals surface area (Å²) in [6.07, 6.45) is 5.38. The lowest BCUT2D eigenvalue weighted by Crippen LogP contribution is -1.95. The van der Waals surface area contributed by atoms with Crippen LogP contribution in [0.25, 0.3) is 10.8 Å². The molecule has 18 heavy (non-hydrogen) atoms. The van der Waals surface area contributed by atoms with E-state index in [1.807, 2.05) is 23.2 Å². The maximum Gasteiger partial charge on any atom is 0.270 e. The van der Waals surface area contributed by atoms with Gasteiger partial charge in [-0.3, -0.25) is 0 Å². The number of nitrogen functional groups attached to an aromatic ring is 1. The molecule has 1 aliphatic rings. The van der Waals surface area contributed by atoms with Gasteiger partial charge < -0.3 is 10.3 Å². The molecular weight excluding hydrogens is 266 g/mol. The topological polar surface area (TPSA) is 64.9 Å². The monoisotopic (exact) mass is 281 g/mol. The Morgan fingerprint density at radius 2 is 2.28 bits per heavy atom. The minimum absolute atomic E-state index is 0.546. The summed E-state index contributed by atoms with van der Waals surface area (Å²) in [5.41, 5.74) is 6.54. The molecule has 2 aromatic rings. The molecule has 4 nitrogen and oxygen atoms in total. The van der Waals surface area contributed by atoms with Crippen LogP contribution in [-0.4, -0.2) is 15.4 Å². The fourth-order valence-electron chi connectivity index (χ4n) is 2.15. The van der Waals surface area contributed by atoms with E-state index in [0.717, 1.165) is 21.7 Å². The van der Waals surface area contributed by atoms with Gasteiger partial charge in [0.05, 0.1) is 11.4 Å². The molecule has 0 aliphatic heterocycles. The molecule has 0 atom stereocenters. The highest BCUT2D eigenvalue weighted by atomic mass is 32.2. The van der Waals surface area contributed by atoms with Gasteiger partial charge in [0.15, 0.2) is 5.82 Å². The lowest BCUT2D eigenvalue weighted by atomic mass is 10.4. The molecule has 3 rings (SSSR count). The summed E-state index contributed by atoms with van der Waals surface area (Å²) < 4.78 is 5.26. The van der Waals surface area contributed by atoms with Crippen molar-refractivity contribution in [1.29, 1.82) is 0 Å². The summed E-state index contributed by atoms with van der Waals surface area (Å²) in [4.78, 5) is 5.28. The average Bonchev–Trinajstić information content (AvgIpc) is 3.07. The van der Waals surface area contributed by atoms with Crippen LogP contribution in [-0.2, 0) is 5.75 Å². The molecule has 0 spiro atoms. The van der Waals surface area contributed by atoms with E-state index in [1.54, 1.807) is 0 Å². The fraction of sp³-hybridized carbons (Fsp3) is 0.500. The lowest BCUT2D eigenvalue weighted by Gasteiger charge is -2.04. The molecule has 0 radical (unpaired) electrons. The van der Waals surface area contributed by atoms with Crippen molar-refractivity contribution < 1.29 is 4.52 Å². The van der Waals surface area contributed by atoms with Crippen molar-refractivity contribution >= 4 is 28.8 Å². The Bertz CT molecular complexity index is 517. The highest BCUT2D eigenvalue weighted by Gasteiger charge is 2.17. The molecule has 1 saturated carbocycles. The zero-order valence-electron chi connectivity index (χ0n) is 9.96. The standard InChI is InChI=1S/C12H15N3OS2/c13-9-5-6-17-11(9)12-14-10(15-16-12)7-18-8-3-1-2-4-8/h5-6,8H,1-4,7,13H2. The normalized spacial score (nSPS) is 16.4. The van der Waals surface area contributed by atoms with Gasteiger partial charge in [0.25, 0.3) is 5.89 Å². The van der Waals surface area contributed by atoms with E-state index in [2.05, 4.69) is 10.1 Å². The summed E-state index contributed by atoms with van der Waals surface area (Å²) in [5.74, 6) is 2.15. The SMILES string of the molecule is Nc1ccsc1-c1nc(CSC2CCCC2)no1. The Labute approximate surface area is 114 Å². The fourth-order valence-corrected chi connectivity index (χ4v) is 4.05. The first-order valence-electron chi connectivity index (χ1n) is 6.10. The first-order chi connectivity index (χ1) is 8.83. The first kappa shape index (κ1) is 12.0. The molecule has 0 unspecified atom stereocenters. The second-order valence-electron chi connectivity index (χ2n) is 4.44. The molecule has 0 bridgehead atoms. The van der Waals surface area contributed by atoms with Crippen LogP contribution >= 0.6 is 23.1 Å². The lowest BCUT2D eigenvalue weighted by molar-refractivity contribution is 0.426. The number of aromatic nitrogens is 2. The van der Waals surface area contributed by atoms with Crippen LogP contribution in [0.2, 0.25) is 0 Å². The molecule has 2 heterocycles. The Balaban J connectivity index is 1.64. The summed E-state index contributed by atoms with van der Waals surface area (Å²) in [7, 11) is 0. The molecule has 2 aromatic heterocycles. The van der Waals surface area contributed by atoms with Crippen molar-refractivity contribution in [2.75, 3.05) is 5.73 Å². The van der Waals surface area contributed by atoms with Crippen LogP contribution in [0.4, 0.5) is 5.69 Å². The van der Waals surface area contributed by atoms with E-state index < -0.39 is 0 Å². The minimum atomic E-state index is 0.546. The van der Waals surface area contributed by atoms with Crippen LogP contribution in [0.15, 0.2) is 16.0 Å². The van der Waals surface area contributed by atoms with Gasteiger partial charge in [-0.15, -0.1) is 11.3 Å². The number of hydrogen-bond acceptors (Lipinski definition) is 6. The highest BCUT2D eigenvalue weighted by Crippen LogP contribution is 2.33. The molecule has 1 fully saturated rings. The third kappa shape index (κ3) is 2.54. The maximum absolute atomic E-state index is 5.83. The Morgan fingerprint density at radius 1 is 1.44 bits per heavy atom. The van der Waals surface area contributed by atoms with Gasteiger partial charge in [0, 0.05) is 5.25 Å². The summed E-state index contributed by atoms with van der Waals surface area (Å²) in [5, 5.41) is 6.73. The molecule has 96 valence electrons. The van der Waals surface area contributed by atoms with E-state index in [4.69, 9.17) is 10.3 Å². The predicted molar refractivity (Wildman–Crippen MR) is 75.6 cm³/mol. The molecule has 1 aliphatic carbocycles. The Morgan fingerprint density at radius 3 is 3.00 bits per heavy atom. The van der Waals surface area contributed by atoms with Crippen LogP contribution in [0.3, 0.4) is 0 Å². The van der Waals surface area contributed by atoms with Crippen LogP contribution in [0.5, 0.6) is 0 Å². The Kier molecular flexibility index (Phi) is 3.56. The van der Waals surface area contributed by atoms with Crippen LogP contribution in [0.1, 0.15) is 31.5 Å². The van der Waals surface area contributed by atoms with E-state index in [9.17, 15) is 0 Å². The van der Waals surface area contributed by atoms with Crippen molar-refractivity contribution in [2.45, 2.75) is 36.7 Å². The molecule has 0 aromatic carbocycles. The molecular formula is C12H15N3OS2. The third-order valence-corrected chi connectivity index (χ3v) is 5.39. The van der Waals surface area contributed by atoms with Crippen molar-refractivity contribution in [2.24, 2.45) is 0 Å². The number of thioether (sulfide) groups is 1. The maximum atomic E-state index is 5.83. The number of hydrogen-bond donors (Lipinski definition) is 1. The van der Waals surface area contributed by atoms with Crippen LogP contribution < -0.4 is 5.73 Å². The predicted octanol–water partition coefficient (Wildman–Crippen LogP) is 3.56. The number of nitrogens with zero attached hydrogens (tertiary/aromatic N) is 2.